The van der Waals surface area contributed by atoms with Gasteiger partial charge in [0, 0.05) is 42.4 Å². The summed E-state index contributed by atoms with van der Waals surface area (Å²) in [4.78, 5) is 11.3. The van der Waals surface area contributed by atoms with E-state index in [0.717, 1.165) is 37.6 Å². The third-order valence-electron chi connectivity index (χ3n) is 4.87. The first-order chi connectivity index (χ1) is 14.3. The number of phenols is 1. The summed E-state index contributed by atoms with van der Waals surface area (Å²) in [6, 6.07) is 15.2. The lowest BCUT2D eigenvalue weighted by Crippen LogP contribution is -2.36. The maximum atomic E-state index is 9.77. The van der Waals surface area contributed by atoms with E-state index in [0.29, 0.717) is 17.3 Å². The van der Waals surface area contributed by atoms with Gasteiger partial charge in [0.1, 0.15) is 11.4 Å². The number of aromatic hydroxyl groups is 1. The zero-order chi connectivity index (χ0) is 19.6. The molecule has 0 radical (unpaired) electrons. The van der Waals surface area contributed by atoms with E-state index in [9.17, 15) is 5.11 Å². The zero-order valence-electron chi connectivity index (χ0n) is 15.7. The van der Waals surface area contributed by atoms with E-state index >= 15 is 0 Å². The molecule has 0 atom stereocenters. The van der Waals surface area contributed by atoms with Gasteiger partial charge in [-0.15, -0.1) is 5.10 Å². The van der Waals surface area contributed by atoms with Crippen LogP contribution in [0.25, 0.3) is 16.9 Å². The molecular formula is C21H20N6O2. The molecule has 0 saturated carbocycles. The minimum atomic E-state index is 0.185. The van der Waals surface area contributed by atoms with Crippen molar-refractivity contribution >= 4 is 23.0 Å². The number of hydrogen-bond donors (Lipinski definition) is 2. The van der Waals surface area contributed by atoms with Gasteiger partial charge in [-0.05, 0) is 36.4 Å². The largest absolute Gasteiger partial charge is 0.508 e. The molecular weight excluding hydrogens is 368 g/mol. The second-order valence-electron chi connectivity index (χ2n) is 6.80. The molecule has 8 nitrogen and oxygen atoms in total. The molecule has 4 aromatic rings. The highest BCUT2D eigenvalue weighted by Crippen LogP contribution is 2.26. The summed E-state index contributed by atoms with van der Waals surface area (Å²) in [7, 11) is 0. The Kier molecular flexibility index (Phi) is 4.45. The molecule has 0 spiro atoms. The maximum Gasteiger partial charge on any atom is 0.247 e. The third kappa shape index (κ3) is 3.57. The van der Waals surface area contributed by atoms with Gasteiger partial charge in [0.15, 0.2) is 5.65 Å². The fraction of sp³-hybridized carbons (Fsp3) is 0.190. The summed E-state index contributed by atoms with van der Waals surface area (Å²) in [5, 5.41) is 17.5. The molecule has 2 aromatic heterocycles. The van der Waals surface area contributed by atoms with Crippen molar-refractivity contribution in [1.29, 1.82) is 0 Å². The average molecular weight is 388 g/mol. The first-order valence-electron chi connectivity index (χ1n) is 9.47. The van der Waals surface area contributed by atoms with Gasteiger partial charge in [-0.1, -0.05) is 12.1 Å². The SMILES string of the molecule is Oc1cccc(-c2nccn3nc(Nc4ccc(N5CCOCC5)cc4)nc23)c1. The van der Waals surface area contributed by atoms with Gasteiger partial charge in [0.25, 0.3) is 0 Å². The summed E-state index contributed by atoms with van der Waals surface area (Å²) in [6.45, 7) is 3.35. The van der Waals surface area contributed by atoms with Crippen molar-refractivity contribution < 1.29 is 9.84 Å². The fourth-order valence-corrected chi connectivity index (χ4v) is 3.43. The Bertz CT molecular complexity index is 1140. The van der Waals surface area contributed by atoms with Crippen LogP contribution in [0.1, 0.15) is 0 Å². The van der Waals surface area contributed by atoms with E-state index < -0.39 is 0 Å². The molecule has 1 aliphatic heterocycles. The maximum absolute atomic E-state index is 9.77. The van der Waals surface area contributed by atoms with Crippen LogP contribution in [0.5, 0.6) is 5.75 Å². The van der Waals surface area contributed by atoms with Crippen LogP contribution >= 0.6 is 0 Å². The van der Waals surface area contributed by atoms with E-state index in [1.807, 2.05) is 18.2 Å². The number of hydrogen-bond acceptors (Lipinski definition) is 7. The number of fused-ring (bicyclic) bond motifs is 1. The van der Waals surface area contributed by atoms with Crippen molar-refractivity contribution in [2.45, 2.75) is 0 Å². The van der Waals surface area contributed by atoms with Crippen LogP contribution in [0.3, 0.4) is 0 Å². The predicted octanol–water partition coefficient (Wildman–Crippen LogP) is 3.08. The number of rotatable bonds is 4. The van der Waals surface area contributed by atoms with Gasteiger partial charge in [-0.25, -0.2) is 4.52 Å². The Morgan fingerprint density at radius 1 is 1.03 bits per heavy atom. The lowest BCUT2D eigenvalue weighted by atomic mass is 10.1. The van der Waals surface area contributed by atoms with Crippen LogP contribution in [0.2, 0.25) is 0 Å². The first kappa shape index (κ1) is 17.4. The molecule has 1 saturated heterocycles. The number of benzene rings is 2. The van der Waals surface area contributed by atoms with Crippen molar-refractivity contribution in [3.63, 3.8) is 0 Å². The highest BCUT2D eigenvalue weighted by atomic mass is 16.5. The number of ether oxygens (including phenoxy) is 1. The summed E-state index contributed by atoms with van der Waals surface area (Å²) < 4.78 is 7.09. The van der Waals surface area contributed by atoms with Gasteiger partial charge in [0.2, 0.25) is 5.95 Å². The van der Waals surface area contributed by atoms with Crippen LogP contribution in [0.15, 0.2) is 60.9 Å². The molecule has 1 aliphatic rings. The number of phenolic OH excluding ortho intramolecular Hbond substituents is 1. The van der Waals surface area contributed by atoms with E-state index in [1.54, 1.807) is 35.1 Å². The Morgan fingerprint density at radius 2 is 1.86 bits per heavy atom. The summed E-state index contributed by atoms with van der Waals surface area (Å²) in [5.74, 6) is 0.669. The normalized spacial score (nSPS) is 14.3. The van der Waals surface area contributed by atoms with E-state index in [4.69, 9.17) is 4.74 Å². The van der Waals surface area contributed by atoms with Crippen LogP contribution < -0.4 is 10.2 Å². The molecule has 0 unspecified atom stereocenters. The second kappa shape index (κ2) is 7.40. The standard InChI is InChI=1S/C21H20N6O2/c28-18-3-1-2-15(14-18)19-20-24-21(25-27(20)9-8-22-19)23-16-4-6-17(7-5-16)26-10-12-29-13-11-26/h1-9,14,28H,10-13H2,(H,23,25). The average Bonchev–Trinajstić information content (AvgIpc) is 3.17. The van der Waals surface area contributed by atoms with Crippen LogP contribution in [-0.4, -0.2) is 51.0 Å². The molecule has 0 bridgehead atoms. The number of morpholine rings is 1. The van der Waals surface area contributed by atoms with E-state index in [2.05, 4.69) is 37.4 Å². The van der Waals surface area contributed by atoms with Gasteiger partial charge in [-0.2, -0.15) is 4.98 Å². The quantitative estimate of drug-likeness (QED) is 0.555. The summed E-state index contributed by atoms with van der Waals surface area (Å²) in [5.41, 5.74) is 4.14. The molecule has 29 heavy (non-hydrogen) atoms. The highest BCUT2D eigenvalue weighted by Gasteiger charge is 2.13. The van der Waals surface area contributed by atoms with E-state index in [-0.39, 0.29) is 5.75 Å². The molecule has 3 heterocycles. The van der Waals surface area contributed by atoms with Crippen molar-refractivity contribution in [2.75, 3.05) is 36.5 Å². The Balaban J connectivity index is 1.40. The molecule has 2 aromatic carbocycles. The van der Waals surface area contributed by atoms with Crippen LogP contribution in [0, 0.1) is 0 Å². The Morgan fingerprint density at radius 3 is 2.66 bits per heavy atom. The van der Waals surface area contributed by atoms with Gasteiger partial charge >= 0.3 is 0 Å². The van der Waals surface area contributed by atoms with Crippen molar-refractivity contribution in [2.24, 2.45) is 0 Å². The molecule has 8 heteroatoms. The first-order valence-corrected chi connectivity index (χ1v) is 9.47. The second-order valence-corrected chi connectivity index (χ2v) is 6.80. The molecule has 2 N–H and O–H groups in total. The van der Waals surface area contributed by atoms with E-state index in [1.165, 1.54) is 5.69 Å². The topological polar surface area (TPSA) is 87.8 Å². The van der Waals surface area contributed by atoms with Crippen molar-refractivity contribution in [3.05, 3.63) is 60.9 Å². The van der Waals surface area contributed by atoms with Crippen molar-refractivity contribution in [1.82, 2.24) is 19.6 Å². The number of nitrogens with one attached hydrogen (secondary N) is 1. The monoisotopic (exact) mass is 388 g/mol. The Hall–Kier alpha value is -3.65. The molecule has 0 amide bonds. The minimum Gasteiger partial charge on any atom is -0.508 e. The fourth-order valence-electron chi connectivity index (χ4n) is 3.43. The molecule has 1 fully saturated rings. The van der Waals surface area contributed by atoms with Crippen LogP contribution in [-0.2, 0) is 4.74 Å². The molecule has 146 valence electrons. The Labute approximate surface area is 167 Å². The summed E-state index contributed by atoms with van der Waals surface area (Å²) >= 11 is 0. The van der Waals surface area contributed by atoms with Crippen molar-refractivity contribution in [3.8, 4) is 17.0 Å². The van der Waals surface area contributed by atoms with Crippen LogP contribution in [0.4, 0.5) is 17.3 Å². The molecule has 5 rings (SSSR count). The number of aromatic nitrogens is 4. The third-order valence-corrected chi connectivity index (χ3v) is 4.87. The number of anilines is 3. The molecule has 0 aliphatic carbocycles. The smallest absolute Gasteiger partial charge is 0.247 e. The highest BCUT2D eigenvalue weighted by molar-refractivity contribution is 5.75. The minimum absolute atomic E-state index is 0.185. The lowest BCUT2D eigenvalue weighted by molar-refractivity contribution is 0.122. The number of nitrogens with zero attached hydrogens (tertiary/aromatic N) is 5. The van der Waals surface area contributed by atoms with Gasteiger partial charge in [-0.3, -0.25) is 4.98 Å². The van der Waals surface area contributed by atoms with Gasteiger partial charge in [0.05, 0.1) is 13.2 Å². The zero-order valence-corrected chi connectivity index (χ0v) is 15.7. The van der Waals surface area contributed by atoms with Gasteiger partial charge < -0.3 is 20.1 Å². The predicted molar refractivity (Wildman–Crippen MR) is 111 cm³/mol. The summed E-state index contributed by atoms with van der Waals surface area (Å²) in [6.07, 6.45) is 3.42. The lowest BCUT2D eigenvalue weighted by Gasteiger charge is -2.28.